The number of hydrogen-bond acceptors (Lipinski definition) is 5. The summed E-state index contributed by atoms with van der Waals surface area (Å²) in [5.74, 6) is -0.812. The topological polar surface area (TPSA) is 101 Å². The minimum Gasteiger partial charge on any atom is -0.379 e. The lowest BCUT2D eigenvalue weighted by atomic mass is 10.1. The van der Waals surface area contributed by atoms with Crippen LogP contribution in [0.2, 0.25) is 0 Å². The highest BCUT2D eigenvalue weighted by atomic mass is 16.6. The van der Waals surface area contributed by atoms with Crippen LogP contribution < -0.4 is 10.6 Å². The molecule has 1 aliphatic rings. The van der Waals surface area contributed by atoms with Crippen molar-refractivity contribution in [1.29, 1.82) is 0 Å². The minimum atomic E-state index is -0.574. The van der Waals surface area contributed by atoms with Gasteiger partial charge in [-0.05, 0) is 0 Å². The van der Waals surface area contributed by atoms with Gasteiger partial charge in [-0.1, -0.05) is 12.1 Å². The van der Waals surface area contributed by atoms with Gasteiger partial charge in [-0.25, -0.2) is 0 Å². The molecule has 0 bridgehead atoms. The fourth-order valence-corrected chi connectivity index (χ4v) is 1.65. The molecule has 1 amide bonds. The van der Waals surface area contributed by atoms with Gasteiger partial charge in [-0.2, -0.15) is 0 Å². The number of amides is 1. The van der Waals surface area contributed by atoms with E-state index in [9.17, 15) is 19.7 Å². The van der Waals surface area contributed by atoms with Crippen LogP contribution in [0.15, 0.2) is 36.0 Å². The van der Waals surface area contributed by atoms with Crippen molar-refractivity contribution in [2.45, 2.75) is 0 Å². The fraction of sp³-hybridized carbons (Fsp3) is 0.167. The first-order valence-electron chi connectivity index (χ1n) is 5.60. The molecule has 0 atom stereocenters. The smallest absolute Gasteiger partial charge is 0.270 e. The van der Waals surface area contributed by atoms with Crippen LogP contribution in [0.5, 0.6) is 0 Å². The number of nitro benzene ring substituents is 1. The molecule has 1 heterocycles. The largest absolute Gasteiger partial charge is 0.379 e. The van der Waals surface area contributed by atoms with Gasteiger partial charge in [0, 0.05) is 36.9 Å². The number of non-ortho nitro benzene ring substituents is 1. The van der Waals surface area contributed by atoms with E-state index >= 15 is 0 Å². The quantitative estimate of drug-likeness (QED) is 0.354. The van der Waals surface area contributed by atoms with Crippen molar-refractivity contribution in [3.8, 4) is 0 Å². The molecule has 0 radical (unpaired) electrons. The van der Waals surface area contributed by atoms with Crippen LogP contribution in [0.4, 0.5) is 5.69 Å². The van der Waals surface area contributed by atoms with E-state index in [1.807, 2.05) is 0 Å². The Hall–Kier alpha value is -2.70. The van der Waals surface area contributed by atoms with Crippen molar-refractivity contribution < 1.29 is 14.5 Å². The standard InChI is InChI=1S/C12H11N3O4/c16-11(7-10-12(17)14-5-4-13-10)8-2-1-3-9(6-8)15(18)19/h1-3,6-7,13H,4-5H2,(H,14,17). The molecule has 0 saturated carbocycles. The van der Waals surface area contributed by atoms with Crippen LogP contribution in [0.1, 0.15) is 10.4 Å². The summed E-state index contributed by atoms with van der Waals surface area (Å²) in [7, 11) is 0. The summed E-state index contributed by atoms with van der Waals surface area (Å²) in [6.07, 6.45) is 1.15. The maximum absolute atomic E-state index is 11.9. The normalized spacial score (nSPS) is 16.6. The number of piperazine rings is 1. The highest BCUT2D eigenvalue weighted by molar-refractivity contribution is 6.09. The number of allylic oxidation sites excluding steroid dienone is 1. The molecular formula is C12H11N3O4. The van der Waals surface area contributed by atoms with Gasteiger partial charge in [-0.15, -0.1) is 0 Å². The van der Waals surface area contributed by atoms with Crippen molar-refractivity contribution in [1.82, 2.24) is 10.6 Å². The SMILES string of the molecule is O=C1NCCNC1=CC(=O)c1cccc([N+](=O)[O-])c1. The highest BCUT2D eigenvalue weighted by Crippen LogP contribution is 2.14. The Bertz CT molecular complexity index is 580. The average molecular weight is 261 g/mol. The maximum atomic E-state index is 11.9. The number of nitro groups is 1. The van der Waals surface area contributed by atoms with Gasteiger partial charge in [0.15, 0.2) is 5.78 Å². The molecule has 0 aliphatic carbocycles. The molecule has 2 rings (SSSR count). The lowest BCUT2D eigenvalue weighted by molar-refractivity contribution is -0.384. The first-order chi connectivity index (χ1) is 9.08. The summed E-state index contributed by atoms with van der Waals surface area (Å²) in [5.41, 5.74) is 0.176. The number of carbonyl (C=O) groups is 2. The molecule has 1 fully saturated rings. The molecule has 2 N–H and O–H groups in total. The van der Waals surface area contributed by atoms with Gasteiger partial charge in [0.2, 0.25) is 0 Å². The first kappa shape index (κ1) is 12.7. The van der Waals surface area contributed by atoms with Gasteiger partial charge in [0.05, 0.1) is 4.92 Å². The van der Waals surface area contributed by atoms with E-state index in [1.54, 1.807) is 0 Å². The minimum absolute atomic E-state index is 0.162. The molecule has 0 aromatic heterocycles. The number of carbonyl (C=O) groups excluding carboxylic acids is 2. The maximum Gasteiger partial charge on any atom is 0.270 e. The fourth-order valence-electron chi connectivity index (χ4n) is 1.65. The second-order valence-electron chi connectivity index (χ2n) is 3.91. The number of rotatable bonds is 3. The van der Waals surface area contributed by atoms with E-state index in [0.717, 1.165) is 6.08 Å². The molecule has 98 valence electrons. The number of benzene rings is 1. The zero-order valence-corrected chi connectivity index (χ0v) is 9.88. The van der Waals surface area contributed by atoms with Crippen LogP contribution in [0, 0.1) is 10.1 Å². The van der Waals surface area contributed by atoms with Crippen LogP contribution in [-0.2, 0) is 4.79 Å². The molecular weight excluding hydrogens is 250 g/mol. The van der Waals surface area contributed by atoms with E-state index in [4.69, 9.17) is 0 Å². The Morgan fingerprint density at radius 1 is 1.32 bits per heavy atom. The molecule has 7 nitrogen and oxygen atoms in total. The van der Waals surface area contributed by atoms with Crippen molar-refractivity contribution in [3.63, 3.8) is 0 Å². The Kier molecular flexibility index (Phi) is 3.56. The lowest BCUT2D eigenvalue weighted by Crippen LogP contribution is -2.43. The van der Waals surface area contributed by atoms with Crippen LogP contribution in [0.3, 0.4) is 0 Å². The number of nitrogens with zero attached hydrogens (tertiary/aromatic N) is 1. The summed E-state index contributed by atoms with van der Waals surface area (Å²) in [5, 5.41) is 16.0. The third-order valence-electron chi connectivity index (χ3n) is 2.59. The van der Waals surface area contributed by atoms with E-state index in [1.165, 1.54) is 24.3 Å². The van der Waals surface area contributed by atoms with Gasteiger partial charge in [-0.3, -0.25) is 19.7 Å². The summed E-state index contributed by atoms with van der Waals surface area (Å²) in [4.78, 5) is 33.4. The average Bonchev–Trinajstić information content (AvgIpc) is 2.41. The predicted octanol–water partition coefficient (Wildman–Crippen LogP) is 0.381. The van der Waals surface area contributed by atoms with Crippen molar-refractivity contribution in [3.05, 3.63) is 51.7 Å². The van der Waals surface area contributed by atoms with Gasteiger partial charge in [0.1, 0.15) is 5.70 Å². The Morgan fingerprint density at radius 2 is 2.05 bits per heavy atom. The second kappa shape index (κ2) is 5.30. The zero-order valence-electron chi connectivity index (χ0n) is 9.88. The van der Waals surface area contributed by atoms with Crippen LogP contribution >= 0.6 is 0 Å². The van der Waals surface area contributed by atoms with E-state index < -0.39 is 10.7 Å². The molecule has 0 unspecified atom stereocenters. The summed E-state index contributed by atoms with van der Waals surface area (Å²) < 4.78 is 0. The molecule has 1 saturated heterocycles. The lowest BCUT2D eigenvalue weighted by Gasteiger charge is -2.16. The predicted molar refractivity (Wildman–Crippen MR) is 66.5 cm³/mol. The van der Waals surface area contributed by atoms with Gasteiger partial charge in [0.25, 0.3) is 11.6 Å². The van der Waals surface area contributed by atoms with Gasteiger partial charge < -0.3 is 10.6 Å². The molecule has 1 aromatic rings. The number of ketones is 1. The molecule has 19 heavy (non-hydrogen) atoms. The van der Waals surface area contributed by atoms with Gasteiger partial charge >= 0.3 is 0 Å². The van der Waals surface area contributed by atoms with E-state index in [-0.39, 0.29) is 22.9 Å². The third-order valence-corrected chi connectivity index (χ3v) is 2.59. The Morgan fingerprint density at radius 3 is 2.74 bits per heavy atom. The summed E-state index contributed by atoms with van der Waals surface area (Å²) >= 11 is 0. The zero-order chi connectivity index (χ0) is 13.8. The Balaban J connectivity index is 2.24. The first-order valence-corrected chi connectivity index (χ1v) is 5.60. The van der Waals surface area contributed by atoms with Crippen LogP contribution in [0.25, 0.3) is 0 Å². The van der Waals surface area contributed by atoms with Crippen molar-refractivity contribution in [2.75, 3.05) is 13.1 Å². The van der Waals surface area contributed by atoms with E-state index in [2.05, 4.69) is 10.6 Å². The number of nitrogens with one attached hydrogen (secondary N) is 2. The monoisotopic (exact) mass is 261 g/mol. The summed E-state index contributed by atoms with van der Waals surface area (Å²) in [6.45, 7) is 1.04. The number of hydrogen-bond donors (Lipinski definition) is 2. The van der Waals surface area contributed by atoms with Crippen molar-refractivity contribution in [2.24, 2.45) is 0 Å². The molecule has 1 aliphatic heterocycles. The third kappa shape index (κ3) is 2.95. The second-order valence-corrected chi connectivity index (χ2v) is 3.91. The highest BCUT2D eigenvalue weighted by Gasteiger charge is 2.16. The molecule has 0 spiro atoms. The summed E-state index contributed by atoms with van der Waals surface area (Å²) in [6, 6.07) is 5.38. The van der Waals surface area contributed by atoms with E-state index in [0.29, 0.717) is 13.1 Å². The van der Waals surface area contributed by atoms with Crippen molar-refractivity contribution >= 4 is 17.4 Å². The Labute approximate surface area is 108 Å². The van der Waals surface area contributed by atoms with Crippen LogP contribution in [-0.4, -0.2) is 29.7 Å². The molecule has 7 heteroatoms. The molecule has 1 aromatic carbocycles.